The molecule has 0 saturated carbocycles. The van der Waals surface area contributed by atoms with Crippen molar-refractivity contribution in [1.29, 1.82) is 0 Å². The predicted octanol–water partition coefficient (Wildman–Crippen LogP) is 1.98. The van der Waals surface area contributed by atoms with Crippen LogP contribution in [0.1, 0.15) is 26.0 Å². The molecule has 14 heavy (non-hydrogen) atoms. The number of hydrogen-bond donors (Lipinski definition) is 2. The third-order valence-electron chi connectivity index (χ3n) is 1.56. The molecular weight excluding hydrogens is 200 g/mol. The normalized spacial score (nSPS) is 10.5. The quantitative estimate of drug-likeness (QED) is 0.786. The summed E-state index contributed by atoms with van der Waals surface area (Å²) in [4.78, 5) is 14.6. The Labute approximate surface area is 87.0 Å². The first-order chi connectivity index (χ1) is 6.58. The second kappa shape index (κ2) is 4.95. The van der Waals surface area contributed by atoms with Crippen molar-refractivity contribution in [1.82, 2.24) is 4.98 Å². The Hall–Kier alpha value is -1.10. The molecule has 0 atom stereocenters. The number of anilines is 1. The van der Waals surface area contributed by atoms with E-state index in [-0.39, 0.29) is 6.42 Å². The predicted molar refractivity (Wildman–Crippen MR) is 56.8 cm³/mol. The molecule has 0 aliphatic heterocycles. The highest BCUT2D eigenvalue weighted by Crippen LogP contribution is 2.17. The van der Waals surface area contributed by atoms with Gasteiger partial charge in [0.05, 0.1) is 12.1 Å². The van der Waals surface area contributed by atoms with Gasteiger partial charge < -0.3 is 10.4 Å². The highest BCUT2D eigenvalue weighted by molar-refractivity contribution is 7.13. The number of carbonyl (C=O) groups is 1. The van der Waals surface area contributed by atoms with Crippen LogP contribution >= 0.6 is 11.3 Å². The van der Waals surface area contributed by atoms with Crippen molar-refractivity contribution in [3.05, 3.63) is 11.1 Å². The molecule has 1 rings (SSSR count). The molecule has 0 aliphatic rings. The average molecular weight is 214 g/mol. The molecule has 0 radical (unpaired) electrons. The standard InChI is InChI=1S/C9H14N2O2S/c1-6(2)10-9-11-7(5-14-9)3-4-8(12)13/h5-6H,3-4H2,1-2H3,(H,10,11)(H,12,13). The van der Waals surface area contributed by atoms with Gasteiger partial charge in [-0.1, -0.05) is 0 Å². The lowest BCUT2D eigenvalue weighted by atomic mass is 10.2. The summed E-state index contributed by atoms with van der Waals surface area (Å²) in [5.41, 5.74) is 0.848. The molecule has 1 aromatic heterocycles. The van der Waals surface area contributed by atoms with Crippen LogP contribution in [0.15, 0.2) is 5.38 Å². The van der Waals surface area contributed by atoms with Gasteiger partial charge in [-0.25, -0.2) is 4.98 Å². The first-order valence-electron chi connectivity index (χ1n) is 4.50. The van der Waals surface area contributed by atoms with Crippen molar-refractivity contribution in [3.63, 3.8) is 0 Å². The van der Waals surface area contributed by atoms with E-state index in [4.69, 9.17) is 5.11 Å². The van der Waals surface area contributed by atoms with Crippen molar-refractivity contribution in [2.75, 3.05) is 5.32 Å². The number of thiazole rings is 1. The number of carboxylic acid groups (broad SMARTS) is 1. The van der Waals surface area contributed by atoms with Crippen LogP contribution in [0.3, 0.4) is 0 Å². The molecule has 0 unspecified atom stereocenters. The first kappa shape index (κ1) is 11.0. The Bertz CT molecular complexity index is 310. The van der Waals surface area contributed by atoms with Gasteiger partial charge in [-0.15, -0.1) is 11.3 Å². The maximum absolute atomic E-state index is 10.3. The number of aromatic nitrogens is 1. The van der Waals surface area contributed by atoms with E-state index < -0.39 is 5.97 Å². The number of aryl methyl sites for hydroxylation is 1. The molecule has 4 nitrogen and oxygen atoms in total. The average Bonchev–Trinajstić information content (AvgIpc) is 2.47. The zero-order valence-electron chi connectivity index (χ0n) is 8.28. The van der Waals surface area contributed by atoms with Gasteiger partial charge in [-0.3, -0.25) is 4.79 Å². The number of hydrogen-bond acceptors (Lipinski definition) is 4. The summed E-state index contributed by atoms with van der Waals surface area (Å²) in [6, 6.07) is 0.355. The Balaban J connectivity index is 2.46. The molecule has 1 heterocycles. The van der Waals surface area contributed by atoms with Crippen LogP contribution in [0.4, 0.5) is 5.13 Å². The second-order valence-corrected chi connectivity index (χ2v) is 4.19. The molecule has 78 valence electrons. The van der Waals surface area contributed by atoms with Crippen molar-refractivity contribution in [2.45, 2.75) is 32.7 Å². The molecule has 0 fully saturated rings. The van der Waals surface area contributed by atoms with Gasteiger partial charge in [-0.2, -0.15) is 0 Å². The Morgan fingerprint density at radius 1 is 1.71 bits per heavy atom. The van der Waals surface area contributed by atoms with E-state index in [0.29, 0.717) is 12.5 Å². The topological polar surface area (TPSA) is 62.2 Å². The SMILES string of the molecule is CC(C)Nc1nc(CCC(=O)O)cs1. The summed E-state index contributed by atoms with van der Waals surface area (Å²) >= 11 is 1.51. The summed E-state index contributed by atoms with van der Waals surface area (Å²) < 4.78 is 0. The molecule has 0 aliphatic carbocycles. The molecule has 0 aromatic carbocycles. The number of aliphatic carboxylic acids is 1. The van der Waals surface area contributed by atoms with E-state index in [1.54, 1.807) is 0 Å². The molecule has 0 amide bonds. The summed E-state index contributed by atoms with van der Waals surface area (Å²) in [6.45, 7) is 4.08. The van der Waals surface area contributed by atoms with Gasteiger partial charge in [0, 0.05) is 17.8 Å². The monoisotopic (exact) mass is 214 g/mol. The van der Waals surface area contributed by atoms with Gasteiger partial charge >= 0.3 is 5.97 Å². The zero-order valence-corrected chi connectivity index (χ0v) is 9.10. The van der Waals surface area contributed by atoms with E-state index in [9.17, 15) is 4.79 Å². The van der Waals surface area contributed by atoms with Crippen molar-refractivity contribution in [3.8, 4) is 0 Å². The van der Waals surface area contributed by atoms with E-state index >= 15 is 0 Å². The lowest BCUT2D eigenvalue weighted by Gasteiger charge is -2.04. The van der Waals surface area contributed by atoms with Crippen molar-refractivity contribution < 1.29 is 9.90 Å². The van der Waals surface area contributed by atoms with Gasteiger partial charge in [0.1, 0.15) is 0 Å². The van der Waals surface area contributed by atoms with Crippen molar-refractivity contribution >= 4 is 22.4 Å². The minimum atomic E-state index is -0.781. The minimum absolute atomic E-state index is 0.144. The van der Waals surface area contributed by atoms with Crippen LogP contribution in [-0.2, 0) is 11.2 Å². The zero-order chi connectivity index (χ0) is 10.6. The summed E-state index contributed by atoms with van der Waals surface area (Å²) in [5.74, 6) is -0.781. The largest absolute Gasteiger partial charge is 0.481 e. The Morgan fingerprint density at radius 3 is 3.00 bits per heavy atom. The number of nitrogens with zero attached hydrogens (tertiary/aromatic N) is 1. The fraction of sp³-hybridized carbons (Fsp3) is 0.556. The Kier molecular flexibility index (Phi) is 3.88. The van der Waals surface area contributed by atoms with Crippen LogP contribution in [-0.4, -0.2) is 22.1 Å². The molecule has 1 aromatic rings. The van der Waals surface area contributed by atoms with E-state index in [0.717, 1.165) is 10.8 Å². The van der Waals surface area contributed by atoms with Crippen LogP contribution in [0.5, 0.6) is 0 Å². The maximum atomic E-state index is 10.3. The van der Waals surface area contributed by atoms with E-state index in [1.165, 1.54) is 11.3 Å². The molecule has 0 saturated heterocycles. The van der Waals surface area contributed by atoms with Gasteiger partial charge in [-0.05, 0) is 13.8 Å². The fourth-order valence-corrected chi connectivity index (χ4v) is 1.86. The number of carboxylic acids is 1. The molecule has 0 spiro atoms. The van der Waals surface area contributed by atoms with Gasteiger partial charge in [0.15, 0.2) is 5.13 Å². The summed E-state index contributed by atoms with van der Waals surface area (Å²) in [6.07, 6.45) is 0.649. The summed E-state index contributed by atoms with van der Waals surface area (Å²) in [7, 11) is 0. The molecular formula is C9H14N2O2S. The molecule has 5 heteroatoms. The van der Waals surface area contributed by atoms with Crippen LogP contribution in [0, 0.1) is 0 Å². The number of rotatable bonds is 5. The van der Waals surface area contributed by atoms with Crippen LogP contribution < -0.4 is 5.32 Å². The Morgan fingerprint density at radius 2 is 2.43 bits per heavy atom. The lowest BCUT2D eigenvalue weighted by Crippen LogP contribution is -2.09. The van der Waals surface area contributed by atoms with Crippen LogP contribution in [0.25, 0.3) is 0 Å². The minimum Gasteiger partial charge on any atom is -0.481 e. The van der Waals surface area contributed by atoms with E-state index in [1.807, 2.05) is 19.2 Å². The first-order valence-corrected chi connectivity index (χ1v) is 5.38. The van der Waals surface area contributed by atoms with Crippen LogP contribution in [0.2, 0.25) is 0 Å². The number of nitrogens with one attached hydrogen (secondary N) is 1. The van der Waals surface area contributed by atoms with E-state index in [2.05, 4.69) is 10.3 Å². The highest BCUT2D eigenvalue weighted by atomic mass is 32.1. The smallest absolute Gasteiger partial charge is 0.303 e. The van der Waals surface area contributed by atoms with Crippen molar-refractivity contribution in [2.24, 2.45) is 0 Å². The molecule has 0 bridgehead atoms. The third kappa shape index (κ3) is 3.74. The second-order valence-electron chi connectivity index (χ2n) is 3.34. The van der Waals surface area contributed by atoms with Gasteiger partial charge in [0.2, 0.25) is 0 Å². The highest BCUT2D eigenvalue weighted by Gasteiger charge is 2.04. The lowest BCUT2D eigenvalue weighted by molar-refractivity contribution is -0.136. The van der Waals surface area contributed by atoms with Gasteiger partial charge in [0.25, 0.3) is 0 Å². The maximum Gasteiger partial charge on any atom is 0.303 e. The third-order valence-corrected chi connectivity index (χ3v) is 2.38. The fourth-order valence-electron chi connectivity index (χ4n) is 0.970. The summed E-state index contributed by atoms with van der Waals surface area (Å²) in [5, 5.41) is 14.4. The molecule has 2 N–H and O–H groups in total.